The van der Waals surface area contributed by atoms with E-state index in [9.17, 15) is 14.4 Å². The topological polar surface area (TPSA) is 90.9 Å². The molecule has 24 heavy (non-hydrogen) atoms. The molecular formula is C16H20ClNO6. The molecule has 0 fully saturated rings. The van der Waals surface area contributed by atoms with Crippen molar-refractivity contribution >= 4 is 29.4 Å². The molecule has 0 aliphatic rings. The van der Waals surface area contributed by atoms with Crippen molar-refractivity contribution in [3.05, 3.63) is 29.3 Å². The van der Waals surface area contributed by atoms with Gasteiger partial charge < -0.3 is 19.5 Å². The Bertz CT molecular complexity index is 556. The number of rotatable bonds is 8. The molecule has 0 bridgehead atoms. The number of carbonyl (C=O) groups is 3. The highest BCUT2D eigenvalue weighted by molar-refractivity contribution is 6.30. The van der Waals surface area contributed by atoms with Gasteiger partial charge >= 0.3 is 11.9 Å². The molecule has 1 N–H and O–H groups in total. The summed E-state index contributed by atoms with van der Waals surface area (Å²) in [7, 11) is 0. The second kappa shape index (κ2) is 9.77. The zero-order chi connectivity index (χ0) is 18.1. The van der Waals surface area contributed by atoms with Gasteiger partial charge in [-0.3, -0.25) is 4.79 Å². The van der Waals surface area contributed by atoms with Crippen molar-refractivity contribution in [3.8, 4) is 5.75 Å². The fourth-order valence-electron chi connectivity index (χ4n) is 1.70. The molecule has 1 rings (SSSR count). The molecule has 0 saturated heterocycles. The van der Waals surface area contributed by atoms with Crippen LogP contribution < -0.4 is 10.1 Å². The summed E-state index contributed by atoms with van der Waals surface area (Å²) in [5.74, 6) is -2.01. The molecular weight excluding hydrogens is 338 g/mol. The van der Waals surface area contributed by atoms with Crippen LogP contribution in [0.1, 0.15) is 20.8 Å². The summed E-state index contributed by atoms with van der Waals surface area (Å²) in [5.41, 5.74) is 0. The fraction of sp³-hybridized carbons (Fsp3) is 0.438. The van der Waals surface area contributed by atoms with Gasteiger partial charge in [0.05, 0.1) is 13.2 Å². The Morgan fingerprint density at radius 1 is 1.04 bits per heavy atom. The van der Waals surface area contributed by atoms with Gasteiger partial charge in [-0.1, -0.05) is 11.6 Å². The summed E-state index contributed by atoms with van der Waals surface area (Å²) < 4.78 is 15.0. The van der Waals surface area contributed by atoms with Gasteiger partial charge in [-0.2, -0.15) is 0 Å². The van der Waals surface area contributed by atoms with Crippen molar-refractivity contribution in [2.45, 2.75) is 32.9 Å². The Kier molecular flexibility index (Phi) is 8.05. The highest BCUT2D eigenvalue weighted by Crippen LogP contribution is 2.16. The van der Waals surface area contributed by atoms with Crippen molar-refractivity contribution in [3.63, 3.8) is 0 Å². The minimum absolute atomic E-state index is 0.0709. The van der Waals surface area contributed by atoms with Crippen LogP contribution in [0.2, 0.25) is 5.02 Å². The monoisotopic (exact) mass is 357 g/mol. The van der Waals surface area contributed by atoms with Gasteiger partial charge in [-0.25, -0.2) is 9.59 Å². The van der Waals surface area contributed by atoms with E-state index in [1.165, 1.54) is 6.92 Å². The van der Waals surface area contributed by atoms with E-state index >= 15 is 0 Å². The Balaban J connectivity index is 2.73. The van der Waals surface area contributed by atoms with Crippen LogP contribution in [0.25, 0.3) is 0 Å². The summed E-state index contributed by atoms with van der Waals surface area (Å²) in [4.78, 5) is 35.8. The zero-order valence-electron chi connectivity index (χ0n) is 13.7. The molecule has 132 valence electrons. The number of halogens is 1. The van der Waals surface area contributed by atoms with E-state index in [1.807, 2.05) is 0 Å². The van der Waals surface area contributed by atoms with E-state index in [4.69, 9.17) is 25.8 Å². The molecule has 1 aromatic carbocycles. The fourth-order valence-corrected chi connectivity index (χ4v) is 1.82. The number of esters is 2. The largest absolute Gasteiger partial charge is 0.481 e. The molecule has 1 unspecified atom stereocenters. The lowest BCUT2D eigenvalue weighted by molar-refractivity contribution is -0.160. The van der Waals surface area contributed by atoms with Crippen molar-refractivity contribution in [2.75, 3.05) is 13.2 Å². The first-order chi connectivity index (χ1) is 11.4. The summed E-state index contributed by atoms with van der Waals surface area (Å²) in [6.07, 6.45) is -0.947. The van der Waals surface area contributed by atoms with Crippen LogP contribution in [0.3, 0.4) is 0 Å². The van der Waals surface area contributed by atoms with Gasteiger partial charge in [0.15, 0.2) is 6.10 Å². The maximum atomic E-state index is 12.2. The molecule has 0 radical (unpaired) electrons. The van der Waals surface area contributed by atoms with E-state index in [0.717, 1.165) is 0 Å². The first kappa shape index (κ1) is 19.8. The zero-order valence-corrected chi connectivity index (χ0v) is 14.5. The Morgan fingerprint density at radius 2 is 1.54 bits per heavy atom. The Labute approximate surface area is 145 Å². The first-order valence-corrected chi connectivity index (χ1v) is 7.82. The Morgan fingerprint density at radius 3 is 2.00 bits per heavy atom. The number of ether oxygens (including phenoxy) is 3. The summed E-state index contributed by atoms with van der Waals surface area (Å²) in [5, 5.41) is 2.81. The maximum absolute atomic E-state index is 12.2. The predicted octanol–water partition coefficient (Wildman–Crippen LogP) is 1.72. The molecule has 7 nitrogen and oxygen atoms in total. The second-order valence-corrected chi connectivity index (χ2v) is 5.10. The molecule has 1 atom stereocenters. The van der Waals surface area contributed by atoms with Gasteiger partial charge in [0.1, 0.15) is 5.75 Å². The van der Waals surface area contributed by atoms with Crippen LogP contribution in [0.4, 0.5) is 0 Å². The third kappa shape index (κ3) is 6.08. The smallest absolute Gasteiger partial charge is 0.340 e. The SMILES string of the molecule is CCOC(=O)C(NC(=O)C(C)Oc1ccc(Cl)cc1)C(=O)OCC. The van der Waals surface area contributed by atoms with Crippen LogP contribution in [-0.2, 0) is 23.9 Å². The highest BCUT2D eigenvalue weighted by Gasteiger charge is 2.33. The lowest BCUT2D eigenvalue weighted by Gasteiger charge is -2.19. The van der Waals surface area contributed by atoms with E-state index in [-0.39, 0.29) is 13.2 Å². The van der Waals surface area contributed by atoms with Gasteiger partial charge in [0, 0.05) is 5.02 Å². The third-order valence-electron chi connectivity index (χ3n) is 2.83. The average molecular weight is 358 g/mol. The quantitative estimate of drug-likeness (QED) is 0.562. The first-order valence-electron chi connectivity index (χ1n) is 7.44. The number of hydrogen-bond donors (Lipinski definition) is 1. The number of amides is 1. The van der Waals surface area contributed by atoms with E-state index in [0.29, 0.717) is 10.8 Å². The molecule has 0 aliphatic carbocycles. The molecule has 0 spiro atoms. The van der Waals surface area contributed by atoms with E-state index in [2.05, 4.69) is 5.32 Å². The third-order valence-corrected chi connectivity index (χ3v) is 3.08. The number of carbonyl (C=O) groups excluding carboxylic acids is 3. The molecule has 8 heteroatoms. The summed E-state index contributed by atoms with van der Waals surface area (Å²) in [6, 6.07) is 4.89. The standard InChI is InChI=1S/C16H20ClNO6/c1-4-22-15(20)13(16(21)23-5-2)18-14(19)10(3)24-12-8-6-11(17)7-9-12/h6-10,13H,4-5H2,1-3H3,(H,18,19). The molecule has 1 amide bonds. The van der Waals surface area contributed by atoms with E-state index in [1.54, 1.807) is 38.1 Å². The van der Waals surface area contributed by atoms with Crippen LogP contribution in [0, 0.1) is 0 Å². The minimum Gasteiger partial charge on any atom is -0.481 e. The molecule has 0 saturated carbocycles. The molecule has 0 heterocycles. The normalized spacial score (nSPS) is 11.5. The number of hydrogen-bond acceptors (Lipinski definition) is 6. The molecule has 0 aromatic heterocycles. The molecule has 0 aliphatic heterocycles. The van der Waals surface area contributed by atoms with Gasteiger partial charge in [-0.15, -0.1) is 0 Å². The maximum Gasteiger partial charge on any atom is 0.340 e. The van der Waals surface area contributed by atoms with Crippen LogP contribution in [0.5, 0.6) is 5.75 Å². The number of benzene rings is 1. The Hall–Kier alpha value is -2.28. The van der Waals surface area contributed by atoms with Crippen molar-refractivity contribution in [1.29, 1.82) is 0 Å². The lowest BCUT2D eigenvalue weighted by atomic mass is 10.2. The van der Waals surface area contributed by atoms with Gasteiger partial charge in [0.2, 0.25) is 6.04 Å². The number of nitrogens with one attached hydrogen (secondary N) is 1. The van der Waals surface area contributed by atoms with Crippen LogP contribution in [-0.4, -0.2) is 43.2 Å². The minimum atomic E-state index is -1.53. The average Bonchev–Trinajstić information content (AvgIpc) is 2.54. The van der Waals surface area contributed by atoms with Crippen molar-refractivity contribution in [1.82, 2.24) is 5.32 Å². The van der Waals surface area contributed by atoms with Crippen molar-refractivity contribution in [2.24, 2.45) is 0 Å². The summed E-state index contributed by atoms with van der Waals surface area (Å²) in [6.45, 7) is 4.81. The lowest BCUT2D eigenvalue weighted by Crippen LogP contribution is -2.51. The van der Waals surface area contributed by atoms with Crippen LogP contribution in [0.15, 0.2) is 24.3 Å². The van der Waals surface area contributed by atoms with Crippen LogP contribution >= 0.6 is 11.6 Å². The summed E-state index contributed by atoms with van der Waals surface area (Å²) >= 11 is 5.77. The second-order valence-electron chi connectivity index (χ2n) is 4.66. The van der Waals surface area contributed by atoms with Gasteiger partial charge in [-0.05, 0) is 45.0 Å². The predicted molar refractivity (Wildman–Crippen MR) is 86.7 cm³/mol. The van der Waals surface area contributed by atoms with Crippen molar-refractivity contribution < 1.29 is 28.6 Å². The highest BCUT2D eigenvalue weighted by atomic mass is 35.5. The van der Waals surface area contributed by atoms with E-state index < -0.39 is 30.0 Å². The van der Waals surface area contributed by atoms with Gasteiger partial charge in [0.25, 0.3) is 5.91 Å². The molecule has 1 aromatic rings.